The summed E-state index contributed by atoms with van der Waals surface area (Å²) in [6, 6.07) is 6.27. The van der Waals surface area contributed by atoms with Gasteiger partial charge in [0.05, 0.1) is 13.2 Å². The molecule has 0 unspecified atom stereocenters. The lowest BCUT2D eigenvalue weighted by atomic mass is 10.1. The molecule has 0 bridgehead atoms. The molecule has 2 aromatic rings. The molecule has 2 saturated heterocycles. The van der Waals surface area contributed by atoms with Gasteiger partial charge in [0.2, 0.25) is 0 Å². The minimum absolute atomic E-state index is 0.195. The van der Waals surface area contributed by atoms with Crippen LogP contribution in [0.25, 0.3) is 10.8 Å². The zero-order valence-electron chi connectivity index (χ0n) is 18.1. The van der Waals surface area contributed by atoms with Crippen molar-refractivity contribution in [3.63, 3.8) is 0 Å². The normalized spacial score (nSPS) is 17.3. The standard InChI is InChI=1S/C23H32N4O3/c1-3-29-20-16-18-8-9-24-22(19(18)17-21(20)30-4-2)25-12-14-27(15-13-25)23(28)26-10-6-5-7-11-26/h8-9,16-17H,3-7,10-15H2,1-2H3. The smallest absolute Gasteiger partial charge is 0.320 e. The van der Waals surface area contributed by atoms with E-state index in [-0.39, 0.29) is 6.03 Å². The molecule has 2 fully saturated rings. The minimum atomic E-state index is 0.195. The van der Waals surface area contributed by atoms with Gasteiger partial charge in [0.1, 0.15) is 5.82 Å². The molecule has 0 saturated carbocycles. The second-order valence-corrected chi connectivity index (χ2v) is 7.83. The molecule has 0 radical (unpaired) electrons. The van der Waals surface area contributed by atoms with Crippen molar-refractivity contribution in [2.24, 2.45) is 0 Å². The number of nitrogens with zero attached hydrogens (tertiary/aromatic N) is 4. The largest absolute Gasteiger partial charge is 0.490 e. The maximum Gasteiger partial charge on any atom is 0.320 e. The molecule has 3 heterocycles. The Kier molecular flexibility index (Phi) is 6.45. The molecule has 2 amide bonds. The number of hydrogen-bond donors (Lipinski definition) is 0. The van der Waals surface area contributed by atoms with Gasteiger partial charge >= 0.3 is 6.03 Å². The van der Waals surface area contributed by atoms with Crippen molar-refractivity contribution in [3.8, 4) is 11.5 Å². The maximum atomic E-state index is 12.8. The number of piperidine rings is 1. The van der Waals surface area contributed by atoms with E-state index in [2.05, 4.69) is 9.88 Å². The average Bonchev–Trinajstić information content (AvgIpc) is 2.80. The number of carbonyl (C=O) groups excluding carboxylic acids is 1. The molecule has 7 nitrogen and oxygen atoms in total. The summed E-state index contributed by atoms with van der Waals surface area (Å²) in [5.74, 6) is 2.46. The SMILES string of the molecule is CCOc1cc2ccnc(N3CCN(C(=O)N4CCCCC4)CC3)c2cc1OCC. The topological polar surface area (TPSA) is 58.1 Å². The lowest BCUT2D eigenvalue weighted by molar-refractivity contribution is 0.141. The first-order chi connectivity index (χ1) is 14.7. The van der Waals surface area contributed by atoms with Crippen molar-refractivity contribution in [2.45, 2.75) is 33.1 Å². The van der Waals surface area contributed by atoms with Gasteiger partial charge in [-0.15, -0.1) is 0 Å². The summed E-state index contributed by atoms with van der Waals surface area (Å²) in [4.78, 5) is 23.8. The summed E-state index contributed by atoms with van der Waals surface area (Å²) < 4.78 is 11.6. The first-order valence-corrected chi connectivity index (χ1v) is 11.2. The van der Waals surface area contributed by atoms with Crippen LogP contribution in [0, 0.1) is 0 Å². The van der Waals surface area contributed by atoms with E-state index in [1.54, 1.807) is 0 Å². The third kappa shape index (κ3) is 4.25. The number of piperazine rings is 1. The summed E-state index contributed by atoms with van der Waals surface area (Å²) in [6.45, 7) is 9.93. The Morgan fingerprint density at radius 2 is 1.53 bits per heavy atom. The number of amides is 2. The molecular formula is C23H32N4O3. The summed E-state index contributed by atoms with van der Waals surface area (Å²) >= 11 is 0. The van der Waals surface area contributed by atoms with Gasteiger partial charge in [-0.2, -0.15) is 0 Å². The highest BCUT2D eigenvalue weighted by atomic mass is 16.5. The molecule has 162 valence electrons. The molecule has 30 heavy (non-hydrogen) atoms. The maximum absolute atomic E-state index is 12.8. The second kappa shape index (κ2) is 9.41. The number of rotatable bonds is 5. The number of likely N-dealkylation sites (tertiary alicyclic amines) is 1. The Labute approximate surface area is 178 Å². The van der Waals surface area contributed by atoms with Gasteiger partial charge in [-0.05, 0) is 56.7 Å². The molecular weight excluding hydrogens is 380 g/mol. The zero-order valence-corrected chi connectivity index (χ0v) is 18.1. The van der Waals surface area contributed by atoms with Crippen molar-refractivity contribution in [3.05, 3.63) is 24.4 Å². The molecule has 4 rings (SSSR count). The number of carbonyl (C=O) groups is 1. The van der Waals surface area contributed by atoms with Crippen LogP contribution in [-0.4, -0.2) is 73.3 Å². The van der Waals surface area contributed by atoms with Crippen molar-refractivity contribution in [1.29, 1.82) is 0 Å². The third-order valence-corrected chi connectivity index (χ3v) is 5.88. The predicted octanol–water partition coefficient (Wildman–Crippen LogP) is 3.76. The van der Waals surface area contributed by atoms with Gasteiger partial charge < -0.3 is 24.2 Å². The zero-order chi connectivity index (χ0) is 20.9. The third-order valence-electron chi connectivity index (χ3n) is 5.88. The van der Waals surface area contributed by atoms with E-state index in [1.807, 2.05) is 48.0 Å². The van der Waals surface area contributed by atoms with Crippen molar-refractivity contribution < 1.29 is 14.3 Å². The van der Waals surface area contributed by atoms with Gasteiger partial charge in [0.15, 0.2) is 11.5 Å². The number of urea groups is 1. The Hall–Kier alpha value is -2.70. The second-order valence-electron chi connectivity index (χ2n) is 7.83. The summed E-state index contributed by atoms with van der Waals surface area (Å²) in [6.07, 6.45) is 5.33. The fraction of sp³-hybridized carbons (Fsp3) is 0.565. The number of fused-ring (bicyclic) bond motifs is 1. The van der Waals surface area contributed by atoms with Crippen LogP contribution >= 0.6 is 0 Å². The van der Waals surface area contributed by atoms with Crippen LogP contribution in [0.1, 0.15) is 33.1 Å². The fourth-order valence-electron chi connectivity index (χ4n) is 4.35. The number of ether oxygens (including phenoxy) is 2. The van der Waals surface area contributed by atoms with Crippen LogP contribution in [0.3, 0.4) is 0 Å². The van der Waals surface area contributed by atoms with E-state index in [4.69, 9.17) is 9.47 Å². The first-order valence-electron chi connectivity index (χ1n) is 11.2. The Bertz CT molecular complexity index is 874. The number of hydrogen-bond acceptors (Lipinski definition) is 5. The Balaban J connectivity index is 1.52. The highest BCUT2D eigenvalue weighted by Gasteiger charge is 2.27. The highest BCUT2D eigenvalue weighted by Crippen LogP contribution is 2.36. The quantitative estimate of drug-likeness (QED) is 0.748. The number of pyridine rings is 1. The van der Waals surface area contributed by atoms with Crippen molar-refractivity contribution >= 4 is 22.6 Å². The molecule has 1 aromatic heterocycles. The summed E-state index contributed by atoms with van der Waals surface area (Å²) in [5.41, 5.74) is 0. The molecule has 7 heteroatoms. The molecule has 0 N–H and O–H groups in total. The van der Waals surface area contributed by atoms with E-state index >= 15 is 0 Å². The monoisotopic (exact) mass is 412 g/mol. The van der Waals surface area contributed by atoms with Crippen LogP contribution in [-0.2, 0) is 0 Å². The van der Waals surface area contributed by atoms with Gasteiger partial charge in [-0.1, -0.05) is 0 Å². The van der Waals surface area contributed by atoms with E-state index in [0.29, 0.717) is 13.2 Å². The minimum Gasteiger partial charge on any atom is -0.490 e. The van der Waals surface area contributed by atoms with E-state index in [1.165, 1.54) is 6.42 Å². The van der Waals surface area contributed by atoms with Crippen LogP contribution < -0.4 is 14.4 Å². The van der Waals surface area contributed by atoms with Crippen LogP contribution in [0.4, 0.5) is 10.6 Å². The van der Waals surface area contributed by atoms with E-state index < -0.39 is 0 Å². The Morgan fingerprint density at radius 3 is 2.20 bits per heavy atom. The highest BCUT2D eigenvalue weighted by molar-refractivity contribution is 5.94. The van der Waals surface area contributed by atoms with Crippen LogP contribution in [0.15, 0.2) is 24.4 Å². The lowest BCUT2D eigenvalue weighted by Gasteiger charge is -2.39. The van der Waals surface area contributed by atoms with Crippen molar-refractivity contribution in [1.82, 2.24) is 14.8 Å². The van der Waals surface area contributed by atoms with Crippen LogP contribution in [0.2, 0.25) is 0 Å². The van der Waals surface area contributed by atoms with Gasteiger partial charge in [-0.25, -0.2) is 9.78 Å². The molecule has 0 atom stereocenters. The van der Waals surface area contributed by atoms with E-state index in [9.17, 15) is 4.79 Å². The molecule has 0 aliphatic carbocycles. The molecule has 1 aromatic carbocycles. The summed E-state index contributed by atoms with van der Waals surface area (Å²) in [5, 5.41) is 2.14. The Morgan fingerprint density at radius 1 is 0.900 bits per heavy atom. The van der Waals surface area contributed by atoms with E-state index in [0.717, 1.165) is 80.2 Å². The average molecular weight is 413 g/mol. The van der Waals surface area contributed by atoms with Crippen molar-refractivity contribution in [2.75, 3.05) is 57.4 Å². The predicted molar refractivity (Wildman–Crippen MR) is 119 cm³/mol. The number of benzene rings is 1. The number of anilines is 1. The van der Waals surface area contributed by atoms with Gasteiger partial charge in [0.25, 0.3) is 0 Å². The van der Waals surface area contributed by atoms with Crippen LogP contribution in [0.5, 0.6) is 11.5 Å². The lowest BCUT2D eigenvalue weighted by Crippen LogP contribution is -2.53. The summed E-state index contributed by atoms with van der Waals surface area (Å²) in [7, 11) is 0. The molecule has 2 aliphatic rings. The molecule has 0 spiro atoms. The first kappa shape index (κ1) is 20.6. The van der Waals surface area contributed by atoms with Gasteiger partial charge in [0, 0.05) is 50.9 Å². The number of aromatic nitrogens is 1. The fourth-order valence-corrected chi connectivity index (χ4v) is 4.35. The van der Waals surface area contributed by atoms with Gasteiger partial charge in [-0.3, -0.25) is 0 Å². The molecule has 2 aliphatic heterocycles.